The second-order valence-corrected chi connectivity index (χ2v) is 5.43. The molecular formula is C15H20N4O2. The summed E-state index contributed by atoms with van der Waals surface area (Å²) in [6.45, 7) is 2.69. The van der Waals surface area contributed by atoms with Crippen LogP contribution in [0.4, 0.5) is 0 Å². The molecule has 1 aromatic heterocycles. The van der Waals surface area contributed by atoms with E-state index in [4.69, 9.17) is 0 Å². The van der Waals surface area contributed by atoms with Crippen LogP contribution < -0.4 is 16.3 Å². The minimum absolute atomic E-state index is 0.0541. The van der Waals surface area contributed by atoms with Gasteiger partial charge >= 0.3 is 5.69 Å². The zero-order valence-electron chi connectivity index (χ0n) is 11.9. The second-order valence-electron chi connectivity index (χ2n) is 5.43. The van der Waals surface area contributed by atoms with Gasteiger partial charge in [-0.3, -0.25) is 9.36 Å². The number of hydrogen-bond donors (Lipinski definition) is 3. The van der Waals surface area contributed by atoms with Crippen molar-refractivity contribution in [1.29, 1.82) is 0 Å². The van der Waals surface area contributed by atoms with Crippen LogP contribution in [0.15, 0.2) is 29.1 Å². The van der Waals surface area contributed by atoms with Crippen molar-refractivity contribution in [1.82, 2.24) is 20.2 Å². The van der Waals surface area contributed by atoms with E-state index in [1.807, 2.05) is 24.3 Å². The zero-order chi connectivity index (χ0) is 14.7. The van der Waals surface area contributed by atoms with Gasteiger partial charge < -0.3 is 15.6 Å². The number of hydrogen-bond acceptors (Lipinski definition) is 3. The number of carbonyl (C=O) groups is 1. The molecular weight excluding hydrogens is 268 g/mol. The molecule has 0 aliphatic carbocycles. The highest BCUT2D eigenvalue weighted by Gasteiger charge is 2.20. The maximum absolute atomic E-state index is 12.0. The van der Waals surface area contributed by atoms with Gasteiger partial charge in [-0.1, -0.05) is 12.1 Å². The topological polar surface area (TPSA) is 78.9 Å². The van der Waals surface area contributed by atoms with E-state index in [-0.39, 0.29) is 17.5 Å². The fourth-order valence-corrected chi connectivity index (χ4v) is 2.84. The summed E-state index contributed by atoms with van der Waals surface area (Å²) in [6, 6.07) is 7.57. The number of imidazole rings is 1. The molecule has 2 aromatic rings. The van der Waals surface area contributed by atoms with Gasteiger partial charge in [0, 0.05) is 19.6 Å². The van der Waals surface area contributed by atoms with Crippen molar-refractivity contribution in [2.75, 3.05) is 19.6 Å². The van der Waals surface area contributed by atoms with E-state index < -0.39 is 0 Å². The number of fused-ring (bicyclic) bond motifs is 1. The molecule has 3 rings (SSSR count). The molecule has 1 fully saturated rings. The van der Waals surface area contributed by atoms with E-state index in [0.717, 1.165) is 37.0 Å². The summed E-state index contributed by atoms with van der Waals surface area (Å²) in [6.07, 6.45) is 1.98. The van der Waals surface area contributed by atoms with E-state index in [1.165, 1.54) is 0 Å². The number of amides is 1. The van der Waals surface area contributed by atoms with Gasteiger partial charge in [0.05, 0.1) is 17.0 Å². The Bertz CT molecular complexity index is 682. The van der Waals surface area contributed by atoms with Crippen LogP contribution in [0.2, 0.25) is 0 Å². The quantitative estimate of drug-likeness (QED) is 0.764. The number of aromatic nitrogens is 2. The Balaban J connectivity index is 1.60. The van der Waals surface area contributed by atoms with Crippen molar-refractivity contribution in [2.45, 2.75) is 19.4 Å². The molecule has 112 valence electrons. The number of carbonyl (C=O) groups excluding carboxylic acids is 1. The summed E-state index contributed by atoms with van der Waals surface area (Å²) in [5.74, 6) is 0.133. The van der Waals surface area contributed by atoms with Crippen LogP contribution in [-0.2, 0) is 11.3 Å². The van der Waals surface area contributed by atoms with Crippen LogP contribution in [-0.4, -0.2) is 35.1 Å². The first-order valence-corrected chi connectivity index (χ1v) is 7.41. The second kappa shape index (κ2) is 6.13. The van der Waals surface area contributed by atoms with Crippen molar-refractivity contribution < 1.29 is 4.79 Å². The third-order valence-electron chi connectivity index (χ3n) is 3.98. The highest BCUT2D eigenvalue weighted by Crippen LogP contribution is 2.10. The third-order valence-corrected chi connectivity index (χ3v) is 3.98. The van der Waals surface area contributed by atoms with E-state index >= 15 is 0 Å². The molecule has 1 aromatic carbocycles. The predicted molar refractivity (Wildman–Crippen MR) is 81.2 cm³/mol. The zero-order valence-corrected chi connectivity index (χ0v) is 11.9. The van der Waals surface area contributed by atoms with Crippen LogP contribution in [0.5, 0.6) is 0 Å². The molecule has 1 aliphatic rings. The fraction of sp³-hybridized carbons (Fsp3) is 0.467. The summed E-state index contributed by atoms with van der Waals surface area (Å²) >= 11 is 0. The predicted octanol–water partition coefficient (Wildman–Crippen LogP) is 0.445. The lowest BCUT2D eigenvalue weighted by Crippen LogP contribution is -2.41. The first kappa shape index (κ1) is 13.9. The summed E-state index contributed by atoms with van der Waals surface area (Å²) in [5, 5.41) is 6.16. The van der Waals surface area contributed by atoms with Crippen LogP contribution in [0, 0.1) is 5.92 Å². The van der Waals surface area contributed by atoms with Gasteiger partial charge in [-0.25, -0.2) is 4.79 Å². The number of aromatic amines is 1. The Morgan fingerprint density at radius 3 is 3.05 bits per heavy atom. The number of benzene rings is 1. The molecule has 1 amide bonds. The van der Waals surface area contributed by atoms with Crippen molar-refractivity contribution in [3.63, 3.8) is 0 Å². The standard InChI is InChI=1S/C15H20N4O2/c20-14(11-4-3-7-16-10-11)17-8-9-19-13-6-2-1-5-12(13)18-15(19)21/h1-2,5-6,11,16H,3-4,7-10H2,(H,17,20)(H,18,21). The molecule has 1 atom stereocenters. The summed E-state index contributed by atoms with van der Waals surface area (Å²) in [4.78, 5) is 26.7. The van der Waals surface area contributed by atoms with Gasteiger partial charge in [0.2, 0.25) is 5.91 Å². The SMILES string of the molecule is O=C(NCCn1c(=O)[nH]c2ccccc21)C1CCCNC1. The van der Waals surface area contributed by atoms with Gasteiger partial charge in [0.15, 0.2) is 0 Å². The van der Waals surface area contributed by atoms with Crippen LogP contribution in [0.25, 0.3) is 11.0 Å². The number of nitrogens with zero attached hydrogens (tertiary/aromatic N) is 1. The highest BCUT2D eigenvalue weighted by atomic mass is 16.2. The summed E-state index contributed by atoms with van der Waals surface area (Å²) in [5.41, 5.74) is 1.56. The van der Waals surface area contributed by atoms with Crippen molar-refractivity contribution in [3.05, 3.63) is 34.7 Å². The number of piperidine rings is 1. The van der Waals surface area contributed by atoms with E-state index in [1.54, 1.807) is 4.57 Å². The van der Waals surface area contributed by atoms with Gasteiger partial charge in [-0.15, -0.1) is 0 Å². The smallest absolute Gasteiger partial charge is 0.326 e. The minimum atomic E-state index is -0.134. The molecule has 6 nitrogen and oxygen atoms in total. The summed E-state index contributed by atoms with van der Waals surface area (Å²) in [7, 11) is 0. The van der Waals surface area contributed by atoms with Crippen molar-refractivity contribution >= 4 is 16.9 Å². The monoisotopic (exact) mass is 288 g/mol. The molecule has 1 saturated heterocycles. The Kier molecular flexibility index (Phi) is 4.06. The molecule has 0 saturated carbocycles. The number of rotatable bonds is 4. The Morgan fingerprint density at radius 1 is 1.38 bits per heavy atom. The largest absolute Gasteiger partial charge is 0.354 e. The molecule has 6 heteroatoms. The Labute approximate surface area is 122 Å². The van der Waals surface area contributed by atoms with Gasteiger partial charge in [0.1, 0.15) is 0 Å². The van der Waals surface area contributed by atoms with E-state index in [2.05, 4.69) is 15.6 Å². The lowest BCUT2D eigenvalue weighted by Gasteiger charge is -2.21. The van der Waals surface area contributed by atoms with Crippen LogP contribution >= 0.6 is 0 Å². The van der Waals surface area contributed by atoms with Crippen molar-refractivity contribution in [3.8, 4) is 0 Å². The molecule has 2 heterocycles. The number of para-hydroxylation sites is 2. The van der Waals surface area contributed by atoms with E-state index in [9.17, 15) is 9.59 Å². The highest BCUT2D eigenvalue weighted by molar-refractivity contribution is 5.79. The van der Waals surface area contributed by atoms with Crippen LogP contribution in [0.3, 0.4) is 0 Å². The average Bonchev–Trinajstić information content (AvgIpc) is 2.84. The molecule has 1 aliphatic heterocycles. The van der Waals surface area contributed by atoms with E-state index in [0.29, 0.717) is 13.1 Å². The molecule has 0 radical (unpaired) electrons. The van der Waals surface area contributed by atoms with Crippen LogP contribution in [0.1, 0.15) is 12.8 Å². The maximum atomic E-state index is 12.0. The van der Waals surface area contributed by atoms with Gasteiger partial charge in [-0.2, -0.15) is 0 Å². The van der Waals surface area contributed by atoms with Gasteiger partial charge in [0.25, 0.3) is 0 Å². The number of nitrogens with one attached hydrogen (secondary N) is 3. The first-order valence-electron chi connectivity index (χ1n) is 7.41. The molecule has 1 unspecified atom stereocenters. The number of H-pyrrole nitrogens is 1. The molecule has 0 spiro atoms. The lowest BCUT2D eigenvalue weighted by atomic mass is 9.99. The Morgan fingerprint density at radius 2 is 2.24 bits per heavy atom. The summed E-state index contributed by atoms with van der Waals surface area (Å²) < 4.78 is 1.66. The molecule has 3 N–H and O–H groups in total. The lowest BCUT2D eigenvalue weighted by molar-refractivity contribution is -0.125. The first-order chi connectivity index (χ1) is 10.3. The fourth-order valence-electron chi connectivity index (χ4n) is 2.84. The Hall–Kier alpha value is -2.08. The molecule has 0 bridgehead atoms. The maximum Gasteiger partial charge on any atom is 0.326 e. The van der Waals surface area contributed by atoms with Gasteiger partial charge in [-0.05, 0) is 31.5 Å². The van der Waals surface area contributed by atoms with Crippen molar-refractivity contribution in [2.24, 2.45) is 5.92 Å². The minimum Gasteiger partial charge on any atom is -0.354 e. The average molecular weight is 288 g/mol. The molecule has 21 heavy (non-hydrogen) atoms. The third kappa shape index (κ3) is 3.00. The normalized spacial score (nSPS) is 18.8.